The summed E-state index contributed by atoms with van der Waals surface area (Å²) in [6.07, 6.45) is 8.96. The molecule has 4 saturated heterocycles. The predicted octanol–water partition coefficient (Wildman–Crippen LogP) is 4.06. The van der Waals surface area contributed by atoms with Crippen LogP contribution in [0.15, 0.2) is 70.7 Å². The van der Waals surface area contributed by atoms with Crippen LogP contribution in [0.5, 0.6) is 11.5 Å². The number of rotatable bonds is 16. The lowest BCUT2D eigenvalue weighted by atomic mass is 10.0. The smallest absolute Gasteiger partial charge is 0.329 e. The Morgan fingerprint density at radius 2 is 0.951 bits per heavy atom. The van der Waals surface area contributed by atoms with Gasteiger partial charge in [-0.25, -0.2) is 21.6 Å². The standard InChI is InChI=1S/C29H43N5O5S.C19H24N2O6S.C10H21N3/c1-22-18-25(38-4)19-23(2)29(22)40(36,37)34-17-16-32-9-5-6-26(32)27(34)20-39-21-28(35)33-14-12-31(13-15-33)24-7-10-30(3)11-8-24;1-13-9-15(26-3)10-14(2)19(13)28(24,25)21-8-7-20-6-4-5-16(20)17(21)11-27-12-18(22)23;1-12-6-2-10(3-7-12)13-8-4-11-5-9-13/h5-6,9,18-19,24,27H,7-8,10-17,20-21H2,1-4H3;4-6,9-10,17H,7-8,11-12H2,1-3H3,(H,22,23);10-11H,2-9H2,1H3. The highest BCUT2D eigenvalue weighted by molar-refractivity contribution is 7.89. The van der Waals surface area contributed by atoms with Crippen LogP contribution in [0.1, 0.15) is 71.4 Å². The van der Waals surface area contributed by atoms with Crippen LogP contribution in [0.4, 0.5) is 0 Å². The van der Waals surface area contributed by atoms with E-state index in [0.29, 0.717) is 77.4 Å². The van der Waals surface area contributed by atoms with Gasteiger partial charge in [-0.3, -0.25) is 14.6 Å². The Morgan fingerprint density at radius 1 is 0.556 bits per heavy atom. The Kier molecular flexibility index (Phi) is 21.6. The molecule has 2 aromatic carbocycles. The van der Waals surface area contributed by atoms with Crippen LogP contribution in [-0.2, 0) is 52.2 Å². The number of nitrogens with one attached hydrogen (secondary N) is 1. The van der Waals surface area contributed by atoms with E-state index in [2.05, 4.69) is 43.6 Å². The van der Waals surface area contributed by atoms with Gasteiger partial charge in [0, 0.05) is 114 Å². The number of piperidine rings is 2. The van der Waals surface area contributed by atoms with Gasteiger partial charge >= 0.3 is 5.97 Å². The molecule has 2 unspecified atom stereocenters. The van der Waals surface area contributed by atoms with Crippen LogP contribution in [-0.4, -0.2) is 235 Å². The molecule has 0 spiro atoms. The van der Waals surface area contributed by atoms with Gasteiger partial charge in [0.25, 0.3) is 0 Å². The number of carboxylic acid groups (broad SMARTS) is 1. The van der Waals surface area contributed by atoms with Crippen molar-refractivity contribution in [1.29, 1.82) is 0 Å². The summed E-state index contributed by atoms with van der Waals surface area (Å²) in [5.74, 6) is 0.0998. The van der Waals surface area contributed by atoms with Crippen LogP contribution in [0, 0.1) is 27.7 Å². The first-order chi connectivity index (χ1) is 38.8. The van der Waals surface area contributed by atoms with Gasteiger partial charge in [-0.2, -0.15) is 8.61 Å². The van der Waals surface area contributed by atoms with Gasteiger partial charge in [0.1, 0.15) is 24.7 Å². The van der Waals surface area contributed by atoms with Crippen LogP contribution in [0.3, 0.4) is 0 Å². The van der Waals surface area contributed by atoms with E-state index in [-0.39, 0.29) is 37.2 Å². The second-order valence-corrected chi connectivity index (χ2v) is 26.0. The zero-order valence-electron chi connectivity index (χ0n) is 48.9. The van der Waals surface area contributed by atoms with E-state index < -0.39 is 44.7 Å². The molecule has 21 nitrogen and oxygen atoms in total. The highest BCUT2D eigenvalue weighted by atomic mass is 32.2. The molecule has 448 valence electrons. The van der Waals surface area contributed by atoms with Crippen molar-refractivity contribution in [3.63, 3.8) is 0 Å². The molecule has 2 aromatic heterocycles. The topological polar surface area (TPSA) is 204 Å². The Bertz CT molecular complexity index is 2910. The van der Waals surface area contributed by atoms with Crippen LogP contribution in [0.2, 0.25) is 0 Å². The Labute approximate surface area is 480 Å². The summed E-state index contributed by atoms with van der Waals surface area (Å²) >= 11 is 0. The van der Waals surface area contributed by atoms with E-state index in [1.54, 1.807) is 59.1 Å². The minimum absolute atomic E-state index is 0.0366. The summed E-state index contributed by atoms with van der Waals surface area (Å²) in [4.78, 5) is 36.3. The van der Waals surface area contributed by atoms with Crippen LogP contribution >= 0.6 is 0 Å². The van der Waals surface area contributed by atoms with Gasteiger partial charge in [-0.15, -0.1) is 0 Å². The number of hydrogen-bond acceptors (Lipinski definition) is 15. The number of methoxy groups -OCH3 is 2. The number of piperazine rings is 2. The van der Waals surface area contributed by atoms with Crippen molar-refractivity contribution in [2.75, 3.05) is 146 Å². The third-order valence-electron chi connectivity index (χ3n) is 16.9. The quantitative estimate of drug-likeness (QED) is 0.162. The molecule has 4 aromatic rings. The number of aryl methyl sites for hydroxylation is 4. The first kappa shape index (κ1) is 62.1. The monoisotopic (exact) mass is 1160 g/mol. The number of carbonyl (C=O) groups excluding carboxylic acids is 1. The molecule has 4 fully saturated rings. The number of aromatic nitrogens is 2. The predicted molar refractivity (Wildman–Crippen MR) is 310 cm³/mol. The maximum absolute atomic E-state index is 14.0. The molecule has 2 N–H and O–H groups in total. The maximum Gasteiger partial charge on any atom is 0.329 e. The number of nitrogens with zero attached hydrogens (tertiary/aromatic N) is 9. The maximum atomic E-state index is 14.0. The normalized spacial score (nSPS) is 21.5. The highest BCUT2D eigenvalue weighted by Gasteiger charge is 2.41. The summed E-state index contributed by atoms with van der Waals surface area (Å²) in [6.45, 7) is 21.2. The van der Waals surface area contributed by atoms with Gasteiger partial charge in [0.15, 0.2) is 0 Å². The van der Waals surface area contributed by atoms with Gasteiger partial charge < -0.3 is 53.2 Å². The van der Waals surface area contributed by atoms with Gasteiger partial charge in [0.2, 0.25) is 26.0 Å². The second-order valence-electron chi connectivity index (χ2n) is 22.4. The van der Waals surface area contributed by atoms with E-state index in [1.807, 2.05) is 46.1 Å². The zero-order chi connectivity index (χ0) is 58.0. The largest absolute Gasteiger partial charge is 0.497 e. The molecular formula is C58H88N10O11S2. The Balaban J connectivity index is 0.000000180. The molecule has 2 atom stereocenters. The summed E-state index contributed by atoms with van der Waals surface area (Å²) in [7, 11) is -0.143. The number of hydrogen-bond donors (Lipinski definition) is 2. The highest BCUT2D eigenvalue weighted by Crippen LogP contribution is 2.37. The fourth-order valence-electron chi connectivity index (χ4n) is 12.6. The number of ether oxygens (including phenoxy) is 4. The average molecular weight is 1170 g/mol. The zero-order valence-corrected chi connectivity index (χ0v) is 50.6. The van der Waals surface area contributed by atoms with Crippen molar-refractivity contribution in [2.24, 2.45) is 0 Å². The molecular weight excluding hydrogens is 1080 g/mol. The van der Waals surface area contributed by atoms with E-state index >= 15 is 0 Å². The number of carboxylic acids is 1. The SMILES string of the molecule is CN1CCC(N2CCNCC2)CC1.COc1cc(C)c(S(=O)(=O)N2CCn3cccc3C2COCC(=O)N2CCN(C3CCN(C)CC3)CC2)c(C)c1.COc1cc(C)c(S(=O)(=O)N2CCn3cccc3C2COCC(=O)O)c(C)c1. The van der Waals surface area contributed by atoms with E-state index in [9.17, 15) is 26.4 Å². The molecule has 1 amide bonds. The second kappa shape index (κ2) is 28.1. The number of carbonyl (C=O) groups is 2. The number of amides is 1. The van der Waals surface area contributed by atoms with Crippen molar-refractivity contribution in [3.8, 4) is 11.5 Å². The molecule has 81 heavy (non-hydrogen) atoms. The lowest BCUT2D eigenvalue weighted by molar-refractivity contribution is -0.142. The molecule has 0 saturated carbocycles. The summed E-state index contributed by atoms with van der Waals surface area (Å²) in [6, 6.07) is 14.8. The Morgan fingerprint density at radius 3 is 1.35 bits per heavy atom. The third kappa shape index (κ3) is 15.1. The minimum Gasteiger partial charge on any atom is -0.497 e. The number of benzene rings is 2. The molecule has 6 aliphatic rings. The van der Waals surface area contributed by atoms with Gasteiger partial charge in [-0.05, 0) is 164 Å². The number of aliphatic carboxylic acids is 1. The molecule has 0 aliphatic carbocycles. The lowest BCUT2D eigenvalue weighted by Crippen LogP contribution is -2.54. The number of likely N-dealkylation sites (tertiary alicyclic amines) is 2. The minimum atomic E-state index is -3.83. The van der Waals surface area contributed by atoms with Crippen molar-refractivity contribution >= 4 is 31.9 Å². The molecule has 6 aliphatic heterocycles. The van der Waals surface area contributed by atoms with E-state index in [0.717, 1.165) is 43.6 Å². The Hall–Kier alpha value is -4.92. The van der Waals surface area contributed by atoms with Gasteiger partial charge in [0.05, 0.1) is 49.3 Å². The first-order valence-electron chi connectivity index (χ1n) is 28.7. The van der Waals surface area contributed by atoms with Crippen LogP contribution in [0.25, 0.3) is 0 Å². The van der Waals surface area contributed by atoms with Crippen molar-refractivity contribution < 1.29 is 50.5 Å². The van der Waals surface area contributed by atoms with Crippen molar-refractivity contribution in [1.82, 2.24) is 47.6 Å². The lowest BCUT2D eigenvalue weighted by Gasteiger charge is -2.42. The van der Waals surface area contributed by atoms with Crippen molar-refractivity contribution in [3.05, 3.63) is 94.6 Å². The first-order valence-corrected chi connectivity index (χ1v) is 31.5. The summed E-state index contributed by atoms with van der Waals surface area (Å²) in [5.41, 5.74) is 4.15. The summed E-state index contributed by atoms with van der Waals surface area (Å²) in [5, 5.41) is 12.3. The van der Waals surface area contributed by atoms with E-state index in [1.165, 1.54) is 80.7 Å². The molecule has 0 radical (unpaired) electrons. The molecule has 10 rings (SSSR count). The van der Waals surface area contributed by atoms with Crippen LogP contribution < -0.4 is 14.8 Å². The average Bonchev–Trinajstić information content (AvgIpc) is 4.26. The fraction of sp³-hybridized carbons (Fsp3) is 0.621. The molecule has 8 heterocycles. The fourth-order valence-corrected chi connectivity index (χ4v) is 16.6. The van der Waals surface area contributed by atoms with Crippen molar-refractivity contribution in [2.45, 2.75) is 100 Å². The molecule has 23 heteroatoms. The van der Waals surface area contributed by atoms with E-state index in [4.69, 9.17) is 24.1 Å². The summed E-state index contributed by atoms with van der Waals surface area (Å²) < 4.78 is 84.0. The number of sulfonamides is 2. The number of fused-ring (bicyclic) bond motifs is 2. The van der Waals surface area contributed by atoms with Gasteiger partial charge in [-0.1, -0.05) is 0 Å². The third-order valence-corrected chi connectivity index (χ3v) is 21.4. The molecule has 0 bridgehead atoms.